The van der Waals surface area contributed by atoms with Crippen molar-refractivity contribution in [2.24, 2.45) is 0 Å². The van der Waals surface area contributed by atoms with Crippen LogP contribution in [0.1, 0.15) is 57.6 Å². The summed E-state index contributed by atoms with van der Waals surface area (Å²) in [6, 6.07) is 19.6. The number of aromatic amines is 1. The van der Waals surface area contributed by atoms with Gasteiger partial charge in [-0.3, -0.25) is 14.6 Å². The Morgan fingerprint density at radius 1 is 0.830 bits per heavy atom. The molecule has 294 valence electrons. The SMILES string of the molecule is CC(=O)O.C[C@H]1CN(C2CCN(c3n[nH]c(N)n3)CC2)[C@@H](Cc2ccc(Br)cc2)CO1.C[C@H]1CN(C2CCNCC2)[C@@H](Cc2ccc(Br)cc2)CO1.Cl. The van der Waals surface area contributed by atoms with Crippen LogP contribution in [-0.2, 0) is 27.1 Å². The van der Waals surface area contributed by atoms with E-state index in [0.717, 1.165) is 100 Å². The van der Waals surface area contributed by atoms with Gasteiger partial charge in [-0.25, -0.2) is 5.10 Å². The third kappa shape index (κ3) is 13.7. The second kappa shape index (κ2) is 21.7. The maximum Gasteiger partial charge on any atom is 0.300 e. The average Bonchev–Trinajstić information content (AvgIpc) is 3.58. The molecule has 4 fully saturated rings. The molecule has 0 amide bonds. The first-order valence-corrected chi connectivity index (χ1v) is 20.2. The molecule has 5 N–H and O–H groups in total. The van der Waals surface area contributed by atoms with Crippen LogP contribution < -0.4 is 16.0 Å². The van der Waals surface area contributed by atoms with E-state index >= 15 is 0 Å². The number of hydrogen-bond acceptors (Lipinski definition) is 10. The fourth-order valence-electron chi connectivity index (χ4n) is 7.71. The molecular weight excluding hydrogens is 828 g/mol. The molecule has 1 aromatic heterocycles. The van der Waals surface area contributed by atoms with Crippen molar-refractivity contribution in [2.75, 3.05) is 63.1 Å². The van der Waals surface area contributed by atoms with Gasteiger partial charge in [0.15, 0.2) is 0 Å². The number of aliphatic carboxylic acids is 1. The van der Waals surface area contributed by atoms with Gasteiger partial charge in [0.05, 0.1) is 25.4 Å². The van der Waals surface area contributed by atoms with Crippen LogP contribution in [0.5, 0.6) is 0 Å². The number of H-pyrrole nitrogens is 1. The molecule has 4 aliphatic rings. The zero-order valence-corrected chi connectivity index (χ0v) is 35.1. The minimum atomic E-state index is -0.833. The van der Waals surface area contributed by atoms with Crippen LogP contribution in [0, 0.1) is 0 Å². The van der Waals surface area contributed by atoms with Gasteiger partial charge in [-0.1, -0.05) is 56.1 Å². The summed E-state index contributed by atoms with van der Waals surface area (Å²) in [5, 5.41) is 17.8. The summed E-state index contributed by atoms with van der Waals surface area (Å²) in [7, 11) is 0. The lowest BCUT2D eigenvalue weighted by atomic mass is 9.96. The number of carbonyl (C=O) groups is 1. The van der Waals surface area contributed by atoms with Gasteiger partial charge in [0.1, 0.15) is 0 Å². The van der Waals surface area contributed by atoms with Crippen LogP contribution in [0.3, 0.4) is 0 Å². The highest BCUT2D eigenvalue weighted by molar-refractivity contribution is 9.10. The molecule has 5 heterocycles. The molecule has 2 aromatic carbocycles. The average molecular weight is 885 g/mol. The maximum absolute atomic E-state index is 9.00. The minimum Gasteiger partial charge on any atom is -0.481 e. The standard InChI is InChI=1S/C19H27BrN6O.C17H25BrN2O.C2H4O2.ClH/c1-13-11-26(17(12-27-13)10-14-2-4-15(20)5-3-14)16-6-8-25(9-7-16)19-22-18(21)23-24-19;1-13-11-20(16-6-8-19-9-7-16)17(12-21-13)10-14-2-4-15(18)5-3-14;1-2(3)4;/h2-5,13,16-17H,6-12H2,1H3,(H3,21,22,23,24);2-5,13,16-17,19H,6-12H2,1H3;1H3,(H,3,4);1H/t2*13-,17-;;/m00../s1. The van der Waals surface area contributed by atoms with Crippen LogP contribution in [-0.4, -0.2) is 125 Å². The molecule has 7 rings (SSSR count). The highest BCUT2D eigenvalue weighted by atomic mass is 79.9. The number of nitrogens with zero attached hydrogens (tertiary/aromatic N) is 5. The molecule has 4 saturated heterocycles. The maximum atomic E-state index is 9.00. The smallest absolute Gasteiger partial charge is 0.300 e. The van der Waals surface area contributed by atoms with Crippen molar-refractivity contribution < 1.29 is 19.4 Å². The van der Waals surface area contributed by atoms with Crippen molar-refractivity contribution in [2.45, 2.75) is 95.7 Å². The number of anilines is 2. The molecule has 0 unspecified atom stereocenters. The lowest BCUT2D eigenvalue weighted by Gasteiger charge is -2.46. The Morgan fingerprint density at radius 2 is 1.26 bits per heavy atom. The number of carboxylic acids is 1. The first-order valence-electron chi connectivity index (χ1n) is 18.6. The van der Waals surface area contributed by atoms with Crippen LogP contribution in [0.2, 0.25) is 0 Å². The number of morpholine rings is 2. The lowest BCUT2D eigenvalue weighted by Crippen LogP contribution is -2.56. The van der Waals surface area contributed by atoms with E-state index < -0.39 is 5.97 Å². The number of piperidine rings is 2. The van der Waals surface area contributed by atoms with E-state index in [2.05, 4.69) is 129 Å². The number of rotatable bonds is 7. The third-order valence-electron chi connectivity index (χ3n) is 10.3. The van der Waals surface area contributed by atoms with E-state index in [9.17, 15) is 0 Å². The molecule has 0 aliphatic carbocycles. The fraction of sp³-hybridized carbons (Fsp3) is 0.605. The Morgan fingerprint density at radius 3 is 1.68 bits per heavy atom. The number of carboxylic acid groups (broad SMARTS) is 1. The summed E-state index contributed by atoms with van der Waals surface area (Å²) >= 11 is 7.03. The van der Waals surface area contributed by atoms with Gasteiger partial charge in [-0.15, -0.1) is 17.5 Å². The van der Waals surface area contributed by atoms with Gasteiger partial charge in [0.25, 0.3) is 5.97 Å². The highest BCUT2D eigenvalue weighted by Gasteiger charge is 2.35. The summed E-state index contributed by atoms with van der Waals surface area (Å²) in [5.41, 5.74) is 8.43. The molecule has 0 saturated carbocycles. The van der Waals surface area contributed by atoms with Gasteiger partial charge in [0.2, 0.25) is 11.9 Å². The Balaban J connectivity index is 0.000000217. The minimum absolute atomic E-state index is 0. The molecule has 0 spiro atoms. The van der Waals surface area contributed by atoms with Crippen molar-refractivity contribution in [3.05, 3.63) is 68.6 Å². The number of nitrogen functional groups attached to an aromatic ring is 1. The molecule has 3 aromatic rings. The number of ether oxygens (including phenoxy) is 2. The zero-order chi connectivity index (χ0) is 37.0. The number of nitrogens with one attached hydrogen (secondary N) is 2. The van der Waals surface area contributed by atoms with Crippen molar-refractivity contribution in [1.82, 2.24) is 30.3 Å². The second-order valence-corrected chi connectivity index (χ2v) is 16.2. The topological polar surface area (TPSA) is 145 Å². The second-order valence-electron chi connectivity index (χ2n) is 14.4. The van der Waals surface area contributed by atoms with Crippen molar-refractivity contribution >= 4 is 62.1 Å². The van der Waals surface area contributed by atoms with Gasteiger partial charge in [-0.2, -0.15) is 4.98 Å². The fourth-order valence-corrected chi connectivity index (χ4v) is 8.24. The Hall–Kier alpha value is -2.30. The Kier molecular flexibility index (Phi) is 17.8. The molecule has 53 heavy (non-hydrogen) atoms. The molecule has 4 aliphatic heterocycles. The van der Waals surface area contributed by atoms with Crippen molar-refractivity contribution in [3.63, 3.8) is 0 Å². The van der Waals surface area contributed by atoms with Crippen LogP contribution >= 0.6 is 44.3 Å². The molecule has 0 bridgehead atoms. The van der Waals surface area contributed by atoms with E-state index in [1.54, 1.807) is 0 Å². The van der Waals surface area contributed by atoms with E-state index in [-0.39, 0.29) is 18.5 Å². The number of nitrogens with two attached hydrogens (primary N) is 1. The Bertz CT molecular complexity index is 1500. The first-order chi connectivity index (χ1) is 25.0. The van der Waals surface area contributed by atoms with E-state index in [0.29, 0.717) is 36.1 Å². The Labute approximate surface area is 337 Å². The van der Waals surface area contributed by atoms with Gasteiger partial charge < -0.3 is 30.5 Å². The predicted octanol–water partition coefficient (Wildman–Crippen LogP) is 5.80. The molecule has 4 atom stereocenters. The number of benzene rings is 2. The summed E-state index contributed by atoms with van der Waals surface area (Å²) in [6.45, 7) is 13.4. The normalized spacial score (nSPS) is 24.6. The summed E-state index contributed by atoms with van der Waals surface area (Å²) < 4.78 is 14.2. The molecule has 15 heteroatoms. The molecule has 0 radical (unpaired) electrons. The predicted molar refractivity (Wildman–Crippen MR) is 220 cm³/mol. The largest absolute Gasteiger partial charge is 0.481 e. The quantitative estimate of drug-likeness (QED) is 0.229. The summed E-state index contributed by atoms with van der Waals surface area (Å²) in [5.74, 6) is 0.261. The zero-order valence-electron chi connectivity index (χ0n) is 31.1. The van der Waals surface area contributed by atoms with E-state index in [4.69, 9.17) is 25.1 Å². The van der Waals surface area contributed by atoms with Gasteiger partial charge >= 0.3 is 0 Å². The van der Waals surface area contributed by atoms with Crippen LogP contribution in [0.25, 0.3) is 0 Å². The highest BCUT2D eigenvalue weighted by Crippen LogP contribution is 2.27. The number of halogens is 3. The lowest BCUT2D eigenvalue weighted by molar-refractivity contribution is -0.134. The monoisotopic (exact) mass is 882 g/mol. The molecular formula is C38H57Br2ClN8O4. The van der Waals surface area contributed by atoms with Crippen molar-refractivity contribution in [3.8, 4) is 0 Å². The number of hydrogen-bond donors (Lipinski definition) is 4. The molecule has 12 nitrogen and oxygen atoms in total. The van der Waals surface area contributed by atoms with Crippen LogP contribution in [0.4, 0.5) is 11.9 Å². The van der Waals surface area contributed by atoms with E-state index in [1.807, 2.05) is 0 Å². The van der Waals surface area contributed by atoms with Crippen LogP contribution in [0.15, 0.2) is 57.5 Å². The van der Waals surface area contributed by atoms with Gasteiger partial charge in [0, 0.05) is 66.2 Å². The van der Waals surface area contributed by atoms with E-state index in [1.165, 1.54) is 24.0 Å². The van der Waals surface area contributed by atoms with Crippen molar-refractivity contribution in [1.29, 1.82) is 0 Å². The summed E-state index contributed by atoms with van der Waals surface area (Å²) in [6.07, 6.45) is 7.52. The first kappa shape index (κ1) is 43.4. The van der Waals surface area contributed by atoms with Gasteiger partial charge in [-0.05, 0) is 101 Å². The number of aromatic nitrogens is 3. The summed E-state index contributed by atoms with van der Waals surface area (Å²) in [4.78, 5) is 20.9. The third-order valence-corrected chi connectivity index (χ3v) is 11.3.